The molecule has 26 heavy (non-hydrogen) atoms. The summed E-state index contributed by atoms with van der Waals surface area (Å²) in [6.45, 7) is 5.71. The molecule has 1 aromatic carbocycles. The first-order chi connectivity index (χ1) is 12.5. The summed E-state index contributed by atoms with van der Waals surface area (Å²) in [5.41, 5.74) is 1.49. The van der Waals surface area contributed by atoms with Gasteiger partial charge in [-0.05, 0) is 37.8 Å². The van der Waals surface area contributed by atoms with Gasteiger partial charge in [0, 0.05) is 6.92 Å². The van der Waals surface area contributed by atoms with E-state index < -0.39 is 5.54 Å². The van der Waals surface area contributed by atoms with E-state index in [1.54, 1.807) is 6.92 Å². The number of amides is 1. The number of nitrogens with zero attached hydrogens (tertiary/aromatic N) is 2. The number of benzene rings is 1. The van der Waals surface area contributed by atoms with Gasteiger partial charge in [-0.15, -0.1) is 0 Å². The largest absolute Gasteiger partial charge is 0.483 e. The van der Waals surface area contributed by atoms with E-state index in [0.717, 1.165) is 55.4 Å². The lowest BCUT2D eigenvalue weighted by Gasteiger charge is -2.30. The van der Waals surface area contributed by atoms with Crippen LogP contribution in [-0.4, -0.2) is 22.7 Å². The van der Waals surface area contributed by atoms with Gasteiger partial charge in [0.1, 0.15) is 11.3 Å². The second-order valence-electron chi connectivity index (χ2n) is 7.19. The molecule has 0 unspecified atom stereocenters. The zero-order valence-electron chi connectivity index (χ0n) is 15.8. The summed E-state index contributed by atoms with van der Waals surface area (Å²) in [6, 6.07) is 5.95. The third-order valence-electron chi connectivity index (χ3n) is 5.05. The van der Waals surface area contributed by atoms with Crippen molar-refractivity contribution in [3.63, 3.8) is 0 Å². The first-order valence-electron chi connectivity index (χ1n) is 9.31. The normalized spacial score (nSPS) is 16.7. The van der Waals surface area contributed by atoms with Crippen molar-refractivity contribution in [3.05, 3.63) is 41.0 Å². The summed E-state index contributed by atoms with van der Waals surface area (Å²) >= 11 is 0. The number of ether oxygens (including phenoxy) is 1. The summed E-state index contributed by atoms with van der Waals surface area (Å²) in [6.07, 6.45) is 6.03. The van der Waals surface area contributed by atoms with E-state index in [9.17, 15) is 4.79 Å². The number of nitrogens with one attached hydrogen (secondary N) is 1. The third-order valence-corrected chi connectivity index (χ3v) is 5.05. The van der Waals surface area contributed by atoms with Gasteiger partial charge in [-0.3, -0.25) is 4.79 Å². The minimum Gasteiger partial charge on any atom is -0.483 e. The fourth-order valence-corrected chi connectivity index (χ4v) is 3.70. The van der Waals surface area contributed by atoms with Crippen LogP contribution in [0.25, 0.3) is 0 Å². The van der Waals surface area contributed by atoms with Gasteiger partial charge >= 0.3 is 0 Å². The van der Waals surface area contributed by atoms with Crippen LogP contribution in [0.2, 0.25) is 0 Å². The highest BCUT2D eigenvalue weighted by molar-refractivity contribution is 5.78. The molecule has 6 heteroatoms. The zero-order chi connectivity index (χ0) is 18.6. The Balaban J connectivity index is 1.73. The summed E-state index contributed by atoms with van der Waals surface area (Å²) in [5, 5.41) is 7.27. The monoisotopic (exact) mass is 357 g/mol. The maximum atomic E-state index is 12.7. The average Bonchev–Trinajstić information content (AvgIpc) is 2.90. The van der Waals surface area contributed by atoms with Crippen molar-refractivity contribution in [1.82, 2.24) is 15.5 Å². The summed E-state index contributed by atoms with van der Waals surface area (Å²) in [5.74, 6) is 1.71. The number of aryl methyl sites for hydroxylation is 3. The van der Waals surface area contributed by atoms with E-state index in [1.807, 2.05) is 32.0 Å². The Hall–Kier alpha value is -2.37. The van der Waals surface area contributed by atoms with E-state index in [2.05, 4.69) is 15.5 Å². The maximum absolute atomic E-state index is 12.7. The van der Waals surface area contributed by atoms with Crippen LogP contribution in [0.15, 0.2) is 22.7 Å². The first kappa shape index (κ1) is 18.4. The quantitative estimate of drug-likeness (QED) is 0.825. The topological polar surface area (TPSA) is 77.2 Å². The van der Waals surface area contributed by atoms with E-state index in [-0.39, 0.29) is 12.5 Å². The van der Waals surface area contributed by atoms with Gasteiger partial charge in [0.05, 0.1) is 0 Å². The Kier molecular flexibility index (Phi) is 5.59. The summed E-state index contributed by atoms with van der Waals surface area (Å²) in [7, 11) is 0. The number of aromatic nitrogens is 2. The van der Waals surface area contributed by atoms with Crippen LogP contribution >= 0.6 is 0 Å². The predicted molar refractivity (Wildman–Crippen MR) is 98.0 cm³/mol. The molecule has 1 heterocycles. The maximum Gasteiger partial charge on any atom is 0.258 e. The number of rotatable bonds is 5. The number of carbonyl (C=O) groups is 1. The number of hydrogen-bond donors (Lipinski definition) is 1. The second kappa shape index (κ2) is 7.89. The van der Waals surface area contributed by atoms with Gasteiger partial charge in [0.15, 0.2) is 12.4 Å². The van der Waals surface area contributed by atoms with Crippen LogP contribution in [0.4, 0.5) is 0 Å². The molecule has 0 saturated heterocycles. The number of hydrogen-bond acceptors (Lipinski definition) is 5. The lowest BCUT2D eigenvalue weighted by Crippen LogP contribution is -2.48. The van der Waals surface area contributed by atoms with Crippen molar-refractivity contribution in [2.75, 3.05) is 6.61 Å². The standard InChI is InChI=1S/C20H27N3O3/c1-14-9-8-10-15(2)18(14)25-13-17(24)22-20(11-6-4-5-7-12-20)19-21-16(3)26-23-19/h8-10H,4-7,11-13H2,1-3H3,(H,22,24). The van der Waals surface area contributed by atoms with E-state index in [4.69, 9.17) is 9.26 Å². The smallest absolute Gasteiger partial charge is 0.258 e. The molecule has 1 saturated carbocycles. The van der Waals surface area contributed by atoms with Crippen molar-refractivity contribution < 1.29 is 14.1 Å². The van der Waals surface area contributed by atoms with Gasteiger partial charge in [-0.1, -0.05) is 49.0 Å². The molecule has 1 aromatic heterocycles. The molecule has 0 bridgehead atoms. The van der Waals surface area contributed by atoms with Gasteiger partial charge in [0.2, 0.25) is 5.89 Å². The molecule has 6 nitrogen and oxygen atoms in total. The highest BCUT2D eigenvalue weighted by Gasteiger charge is 2.38. The van der Waals surface area contributed by atoms with Crippen molar-refractivity contribution in [2.24, 2.45) is 0 Å². The molecule has 1 amide bonds. The van der Waals surface area contributed by atoms with Crippen molar-refractivity contribution in [1.29, 1.82) is 0 Å². The van der Waals surface area contributed by atoms with Crippen LogP contribution in [0.3, 0.4) is 0 Å². The molecule has 1 aliphatic carbocycles. The number of carbonyl (C=O) groups excluding carboxylic acids is 1. The molecule has 3 rings (SSSR count). The molecule has 1 N–H and O–H groups in total. The molecular formula is C20H27N3O3. The molecular weight excluding hydrogens is 330 g/mol. The Morgan fingerprint density at radius 1 is 1.15 bits per heavy atom. The highest BCUT2D eigenvalue weighted by atomic mass is 16.5. The van der Waals surface area contributed by atoms with Crippen LogP contribution in [0, 0.1) is 20.8 Å². The molecule has 2 aromatic rings. The zero-order valence-corrected chi connectivity index (χ0v) is 15.8. The summed E-state index contributed by atoms with van der Waals surface area (Å²) in [4.78, 5) is 17.1. The highest BCUT2D eigenvalue weighted by Crippen LogP contribution is 2.34. The first-order valence-corrected chi connectivity index (χ1v) is 9.31. The summed E-state index contributed by atoms with van der Waals surface area (Å²) < 4.78 is 11.0. The Morgan fingerprint density at radius 2 is 1.81 bits per heavy atom. The van der Waals surface area contributed by atoms with Crippen molar-refractivity contribution >= 4 is 5.91 Å². The predicted octanol–water partition coefficient (Wildman–Crippen LogP) is 3.74. The molecule has 140 valence electrons. The van der Waals surface area contributed by atoms with Crippen molar-refractivity contribution in [3.8, 4) is 5.75 Å². The Labute approximate surface area is 154 Å². The lowest BCUT2D eigenvalue weighted by atomic mass is 9.89. The molecule has 0 aliphatic heterocycles. The van der Waals surface area contributed by atoms with E-state index >= 15 is 0 Å². The minimum atomic E-state index is -0.560. The van der Waals surface area contributed by atoms with Gasteiger partial charge in [0.25, 0.3) is 5.91 Å². The minimum absolute atomic E-state index is 0.0235. The van der Waals surface area contributed by atoms with Crippen molar-refractivity contribution in [2.45, 2.75) is 64.8 Å². The fourth-order valence-electron chi connectivity index (χ4n) is 3.70. The van der Waals surface area contributed by atoms with E-state index in [0.29, 0.717) is 11.7 Å². The molecule has 1 fully saturated rings. The lowest BCUT2D eigenvalue weighted by molar-refractivity contribution is -0.125. The van der Waals surface area contributed by atoms with Gasteiger partial charge in [-0.2, -0.15) is 4.98 Å². The second-order valence-corrected chi connectivity index (χ2v) is 7.19. The van der Waals surface area contributed by atoms with Crippen LogP contribution in [0.1, 0.15) is 61.4 Å². The molecule has 0 radical (unpaired) electrons. The Bertz CT molecular complexity index is 741. The number of para-hydroxylation sites is 1. The molecule has 0 atom stereocenters. The molecule has 0 spiro atoms. The van der Waals surface area contributed by atoms with E-state index in [1.165, 1.54) is 0 Å². The van der Waals surface area contributed by atoms with Crippen LogP contribution in [0.5, 0.6) is 5.75 Å². The van der Waals surface area contributed by atoms with Gasteiger partial charge < -0.3 is 14.6 Å². The van der Waals surface area contributed by atoms with Gasteiger partial charge in [-0.25, -0.2) is 0 Å². The molecule has 1 aliphatic rings. The van der Waals surface area contributed by atoms with Crippen LogP contribution < -0.4 is 10.1 Å². The van der Waals surface area contributed by atoms with Crippen LogP contribution in [-0.2, 0) is 10.3 Å². The third kappa shape index (κ3) is 4.06. The SMILES string of the molecule is Cc1nc(C2(NC(=O)COc3c(C)cccc3C)CCCCCC2)no1. The average molecular weight is 357 g/mol. The Morgan fingerprint density at radius 3 is 2.38 bits per heavy atom. The fraction of sp³-hybridized carbons (Fsp3) is 0.550.